The maximum absolute atomic E-state index is 13.5. The van der Waals surface area contributed by atoms with Gasteiger partial charge in [-0.3, -0.25) is 39.1 Å². The van der Waals surface area contributed by atoms with Crippen LogP contribution in [-0.4, -0.2) is 128 Å². The number of carbonyl (C=O) groups excluding carboxylic acids is 5. The number of benzene rings is 2. The van der Waals surface area contributed by atoms with Gasteiger partial charge in [0.1, 0.15) is 29.9 Å². The number of pyridine rings is 1. The number of amides is 6. The molecule has 3 aromatic rings. The summed E-state index contributed by atoms with van der Waals surface area (Å²) in [5.74, 6) is 0.180. The van der Waals surface area contributed by atoms with Crippen LogP contribution in [0.2, 0.25) is 0 Å². The van der Waals surface area contributed by atoms with Crippen molar-refractivity contribution in [2.75, 3.05) is 67.6 Å². The van der Waals surface area contributed by atoms with Crippen LogP contribution in [0, 0.1) is 11.3 Å². The van der Waals surface area contributed by atoms with Gasteiger partial charge in [0.05, 0.1) is 37.5 Å². The molecule has 1 spiro atoms. The van der Waals surface area contributed by atoms with Crippen molar-refractivity contribution in [3.63, 3.8) is 0 Å². The third-order valence-corrected chi connectivity index (χ3v) is 13.2. The molecule has 16 nitrogen and oxygen atoms in total. The van der Waals surface area contributed by atoms with Crippen LogP contribution in [0.4, 0.5) is 4.79 Å². The first-order valence-electron chi connectivity index (χ1n) is 21.1. The van der Waals surface area contributed by atoms with E-state index in [-0.39, 0.29) is 47.5 Å². The minimum absolute atomic E-state index is 0.0689. The highest BCUT2D eigenvalue weighted by Gasteiger charge is 2.46. The van der Waals surface area contributed by atoms with E-state index in [9.17, 15) is 28.8 Å². The normalized spacial score (nSPS) is 20.1. The van der Waals surface area contributed by atoms with Crippen molar-refractivity contribution >= 4 is 29.7 Å². The van der Waals surface area contributed by atoms with Gasteiger partial charge in [-0.2, -0.15) is 0 Å². The van der Waals surface area contributed by atoms with Crippen LogP contribution in [0.1, 0.15) is 75.9 Å². The molecule has 6 amide bonds. The van der Waals surface area contributed by atoms with E-state index in [1.165, 1.54) is 0 Å². The summed E-state index contributed by atoms with van der Waals surface area (Å²) < 4.78 is 19.2. The second kappa shape index (κ2) is 17.0. The predicted octanol–water partition coefficient (Wildman–Crippen LogP) is 3.17. The number of aromatic nitrogens is 1. The van der Waals surface area contributed by atoms with Gasteiger partial charge < -0.3 is 33.9 Å². The third-order valence-electron chi connectivity index (χ3n) is 13.2. The van der Waals surface area contributed by atoms with Crippen molar-refractivity contribution in [3.05, 3.63) is 74.7 Å². The highest BCUT2D eigenvalue weighted by Crippen LogP contribution is 2.52. The number of fused-ring (bicyclic) bond motifs is 2. The van der Waals surface area contributed by atoms with Crippen molar-refractivity contribution in [2.45, 2.75) is 64.1 Å². The van der Waals surface area contributed by atoms with Gasteiger partial charge in [0, 0.05) is 57.0 Å². The standard InChI is InChI=1S/C45H55N7O9/c1-48(2)24-35-37(59-4)18-28(19-38(35)60-5)33-25-49(3)41(55)34-26-51(13-10-30(33)34)44(58)46-23-27-21-45(22-27)11-14-50(15-12-45)16-17-61-29-6-7-31-32(20-29)43(57)52(42(31)56)36-8-9-39(53)47-40(36)54/h6-7,18-20,25,27,36H,8-17,21-24,26H2,1-5H3,(H,46,58)(H,47,53,54). The van der Waals surface area contributed by atoms with E-state index in [4.69, 9.17) is 14.2 Å². The lowest BCUT2D eigenvalue weighted by atomic mass is 9.57. The molecule has 1 saturated carbocycles. The SMILES string of the molecule is COc1cc(-c2cn(C)c(=O)c3c2CCN(C(=O)NCC2CC4(CCN(CCOc5ccc6c(c5)C(=O)N(C5CCC(=O)NC5=O)C6=O)CC4)C2)C3)cc(OC)c1CN(C)C. The van der Waals surface area contributed by atoms with Crippen LogP contribution in [0.15, 0.2) is 41.3 Å². The number of nitrogens with zero attached hydrogens (tertiary/aromatic N) is 5. The second-order valence-corrected chi connectivity index (χ2v) is 17.5. The van der Waals surface area contributed by atoms with Crippen LogP contribution >= 0.6 is 0 Å². The summed E-state index contributed by atoms with van der Waals surface area (Å²) in [5, 5.41) is 5.39. The smallest absolute Gasteiger partial charge is 0.317 e. The molecule has 324 valence electrons. The Morgan fingerprint density at radius 3 is 2.28 bits per heavy atom. The topological polar surface area (TPSA) is 172 Å². The minimum atomic E-state index is -1.01. The van der Waals surface area contributed by atoms with Crippen LogP contribution in [-0.2, 0) is 36.1 Å². The van der Waals surface area contributed by atoms with E-state index in [0.29, 0.717) is 61.4 Å². The molecule has 1 aliphatic carbocycles. The summed E-state index contributed by atoms with van der Waals surface area (Å²) in [5.41, 5.74) is 4.97. The molecule has 0 bridgehead atoms. The Kier molecular flexibility index (Phi) is 11.7. The Labute approximate surface area is 355 Å². The molecule has 4 aliphatic heterocycles. The van der Waals surface area contributed by atoms with Crippen molar-refractivity contribution in [3.8, 4) is 28.4 Å². The van der Waals surface area contributed by atoms with Gasteiger partial charge in [-0.25, -0.2) is 4.79 Å². The van der Waals surface area contributed by atoms with E-state index >= 15 is 0 Å². The number of likely N-dealkylation sites (tertiary alicyclic amines) is 1. The molecule has 5 heterocycles. The summed E-state index contributed by atoms with van der Waals surface area (Å²) >= 11 is 0. The lowest BCUT2D eigenvalue weighted by Crippen LogP contribution is -2.54. The predicted molar refractivity (Wildman–Crippen MR) is 225 cm³/mol. The van der Waals surface area contributed by atoms with E-state index in [1.54, 1.807) is 48.9 Å². The van der Waals surface area contributed by atoms with Crippen LogP contribution < -0.4 is 30.4 Å². The molecule has 16 heteroatoms. The summed E-state index contributed by atoms with van der Waals surface area (Å²) in [6, 6.07) is 7.64. The number of hydrogen-bond acceptors (Lipinski definition) is 11. The highest BCUT2D eigenvalue weighted by molar-refractivity contribution is 6.23. The summed E-state index contributed by atoms with van der Waals surface area (Å²) in [6.07, 6.45) is 6.90. The first-order chi connectivity index (χ1) is 29.3. The average molecular weight is 838 g/mol. The molecule has 1 aromatic heterocycles. The zero-order chi connectivity index (χ0) is 43.2. The number of methoxy groups -OCH3 is 2. The van der Waals surface area contributed by atoms with E-state index < -0.39 is 29.7 Å². The molecule has 0 radical (unpaired) electrons. The maximum Gasteiger partial charge on any atom is 0.317 e. The molecule has 1 atom stereocenters. The quantitative estimate of drug-likeness (QED) is 0.257. The molecular formula is C45H55N7O9. The minimum Gasteiger partial charge on any atom is -0.496 e. The van der Waals surface area contributed by atoms with Gasteiger partial charge in [-0.05, 0) is 119 Å². The first-order valence-corrected chi connectivity index (χ1v) is 21.1. The van der Waals surface area contributed by atoms with Crippen molar-refractivity contribution < 1.29 is 38.2 Å². The fourth-order valence-electron chi connectivity index (χ4n) is 9.98. The molecule has 8 rings (SSSR count). The molecule has 2 saturated heterocycles. The first kappa shape index (κ1) is 42.0. The second-order valence-electron chi connectivity index (χ2n) is 17.5. The lowest BCUT2D eigenvalue weighted by molar-refractivity contribution is -0.136. The monoisotopic (exact) mass is 837 g/mol. The highest BCUT2D eigenvalue weighted by atomic mass is 16.5. The largest absolute Gasteiger partial charge is 0.496 e. The van der Waals surface area contributed by atoms with E-state index in [1.807, 2.05) is 32.4 Å². The molecule has 2 aromatic carbocycles. The third kappa shape index (κ3) is 8.22. The van der Waals surface area contributed by atoms with Crippen LogP contribution in [0.5, 0.6) is 17.2 Å². The number of imide groups is 2. The van der Waals surface area contributed by atoms with Crippen LogP contribution in [0.3, 0.4) is 0 Å². The van der Waals surface area contributed by atoms with E-state index in [2.05, 4.69) is 20.4 Å². The Bertz CT molecular complexity index is 2300. The van der Waals surface area contributed by atoms with E-state index in [0.717, 1.165) is 72.5 Å². The summed E-state index contributed by atoms with van der Waals surface area (Å²) in [4.78, 5) is 84.2. The van der Waals surface area contributed by atoms with Crippen molar-refractivity contribution in [1.29, 1.82) is 0 Å². The molecule has 61 heavy (non-hydrogen) atoms. The van der Waals surface area contributed by atoms with Gasteiger partial charge in [-0.1, -0.05) is 0 Å². The number of rotatable bonds is 12. The molecule has 2 N–H and O–H groups in total. The number of hydrogen-bond donors (Lipinski definition) is 2. The van der Waals surface area contributed by atoms with Crippen molar-refractivity contribution in [2.24, 2.45) is 18.4 Å². The zero-order valence-corrected chi connectivity index (χ0v) is 35.6. The molecular weight excluding hydrogens is 783 g/mol. The van der Waals surface area contributed by atoms with Gasteiger partial charge in [0.2, 0.25) is 11.8 Å². The zero-order valence-electron chi connectivity index (χ0n) is 35.6. The fourth-order valence-corrected chi connectivity index (χ4v) is 9.98. The Hall–Kier alpha value is -5.74. The molecule has 3 fully saturated rings. The number of piperidine rings is 2. The summed E-state index contributed by atoms with van der Waals surface area (Å²) in [6.45, 7) is 5.05. The number of ether oxygens (including phenoxy) is 3. The Morgan fingerprint density at radius 1 is 0.902 bits per heavy atom. The molecule has 1 unspecified atom stereocenters. The van der Waals surface area contributed by atoms with Gasteiger partial charge in [0.25, 0.3) is 17.4 Å². The Morgan fingerprint density at radius 2 is 1.61 bits per heavy atom. The van der Waals surface area contributed by atoms with Gasteiger partial charge >= 0.3 is 6.03 Å². The average Bonchev–Trinajstić information content (AvgIpc) is 3.48. The summed E-state index contributed by atoms with van der Waals surface area (Å²) in [7, 11) is 9.03. The van der Waals surface area contributed by atoms with Crippen molar-refractivity contribution in [1.82, 2.24) is 34.8 Å². The lowest BCUT2D eigenvalue weighted by Gasteiger charge is -2.52. The maximum atomic E-state index is 13.5. The number of aryl methyl sites for hydroxylation is 1. The Balaban J connectivity index is 0.792. The van der Waals surface area contributed by atoms with Gasteiger partial charge in [0.15, 0.2) is 0 Å². The number of urea groups is 1. The van der Waals surface area contributed by atoms with Crippen LogP contribution in [0.25, 0.3) is 11.1 Å². The van der Waals surface area contributed by atoms with Gasteiger partial charge in [-0.15, -0.1) is 0 Å². The molecule has 5 aliphatic rings. The number of carbonyl (C=O) groups is 5. The number of nitrogens with one attached hydrogen (secondary N) is 2. The fraction of sp³-hybridized carbons (Fsp3) is 0.511.